The van der Waals surface area contributed by atoms with Crippen LogP contribution in [0.5, 0.6) is 0 Å². The molecule has 1 saturated heterocycles. The molecule has 8 heteroatoms. The van der Waals surface area contributed by atoms with Crippen molar-refractivity contribution in [1.82, 2.24) is 9.62 Å². The normalized spacial score (nSPS) is 16.8. The molecule has 1 atom stereocenters. The van der Waals surface area contributed by atoms with E-state index in [1.807, 2.05) is 6.92 Å². The molecule has 1 aliphatic rings. The number of nitrogens with zero attached hydrogens (tertiary/aromatic N) is 1. The molecule has 120 valence electrons. The number of nitrogens with two attached hydrogens (primary N) is 1. The Kier molecular flexibility index (Phi) is 9.37. The number of amides is 1. The van der Waals surface area contributed by atoms with Crippen LogP contribution in [-0.4, -0.2) is 50.7 Å². The lowest BCUT2D eigenvalue weighted by molar-refractivity contribution is -0.131. The summed E-state index contributed by atoms with van der Waals surface area (Å²) in [5, 5.41) is 0. The number of hydrogen-bond donors (Lipinski definition) is 2. The SMILES string of the molecule is CCCS(=O)(=O)NCCCC(N)C(=O)N1CCCC1.Cl. The Bertz CT molecular complexity index is 383. The number of sulfonamides is 1. The summed E-state index contributed by atoms with van der Waals surface area (Å²) in [6.07, 6.45) is 3.81. The quantitative estimate of drug-likeness (QED) is 0.634. The van der Waals surface area contributed by atoms with Crippen LogP contribution in [0.2, 0.25) is 0 Å². The van der Waals surface area contributed by atoms with Gasteiger partial charge in [0.05, 0.1) is 11.8 Å². The molecule has 0 aromatic heterocycles. The van der Waals surface area contributed by atoms with Crippen molar-refractivity contribution in [2.75, 3.05) is 25.4 Å². The molecule has 0 saturated carbocycles. The van der Waals surface area contributed by atoms with E-state index in [1.54, 1.807) is 4.90 Å². The largest absolute Gasteiger partial charge is 0.341 e. The summed E-state index contributed by atoms with van der Waals surface area (Å²) in [6.45, 7) is 3.78. The fourth-order valence-electron chi connectivity index (χ4n) is 2.19. The van der Waals surface area contributed by atoms with Crippen molar-refractivity contribution in [2.24, 2.45) is 5.73 Å². The van der Waals surface area contributed by atoms with Crippen LogP contribution in [0.4, 0.5) is 0 Å². The van der Waals surface area contributed by atoms with Crippen LogP contribution in [0.1, 0.15) is 39.0 Å². The summed E-state index contributed by atoms with van der Waals surface area (Å²) in [5.74, 6) is 0.139. The Balaban J connectivity index is 0.00000361. The molecule has 3 N–H and O–H groups in total. The van der Waals surface area contributed by atoms with Crippen molar-refractivity contribution in [2.45, 2.75) is 45.1 Å². The maximum atomic E-state index is 11.9. The summed E-state index contributed by atoms with van der Waals surface area (Å²) < 4.78 is 25.3. The van der Waals surface area contributed by atoms with Crippen LogP contribution in [-0.2, 0) is 14.8 Å². The van der Waals surface area contributed by atoms with Gasteiger partial charge in [0, 0.05) is 19.6 Å². The number of carbonyl (C=O) groups excluding carboxylic acids is 1. The van der Waals surface area contributed by atoms with E-state index < -0.39 is 16.1 Å². The van der Waals surface area contributed by atoms with E-state index >= 15 is 0 Å². The second-order valence-corrected chi connectivity index (χ2v) is 6.92. The van der Waals surface area contributed by atoms with Crippen LogP contribution in [0.25, 0.3) is 0 Å². The van der Waals surface area contributed by atoms with Gasteiger partial charge in [-0.15, -0.1) is 12.4 Å². The van der Waals surface area contributed by atoms with Gasteiger partial charge in [-0.1, -0.05) is 6.92 Å². The van der Waals surface area contributed by atoms with Gasteiger partial charge in [0.1, 0.15) is 0 Å². The number of rotatable bonds is 8. The average Bonchev–Trinajstić information content (AvgIpc) is 2.87. The summed E-state index contributed by atoms with van der Waals surface area (Å²) in [7, 11) is -3.15. The molecule has 0 aromatic carbocycles. The fourth-order valence-corrected chi connectivity index (χ4v) is 3.32. The Labute approximate surface area is 127 Å². The van der Waals surface area contributed by atoms with Crippen LogP contribution >= 0.6 is 12.4 Å². The number of likely N-dealkylation sites (tertiary alicyclic amines) is 1. The Morgan fingerprint density at radius 3 is 2.50 bits per heavy atom. The van der Waals surface area contributed by atoms with Gasteiger partial charge < -0.3 is 10.6 Å². The summed E-state index contributed by atoms with van der Waals surface area (Å²) in [4.78, 5) is 13.7. The molecule has 0 aromatic rings. The second kappa shape index (κ2) is 9.55. The van der Waals surface area contributed by atoms with E-state index in [4.69, 9.17) is 5.73 Å². The van der Waals surface area contributed by atoms with Crippen LogP contribution in [0, 0.1) is 0 Å². The molecule has 0 aliphatic carbocycles. The predicted molar refractivity (Wildman–Crippen MR) is 82.4 cm³/mol. The third kappa shape index (κ3) is 6.88. The lowest BCUT2D eigenvalue weighted by Crippen LogP contribution is -2.42. The highest BCUT2D eigenvalue weighted by Crippen LogP contribution is 2.10. The smallest absolute Gasteiger partial charge is 0.239 e. The monoisotopic (exact) mass is 327 g/mol. The number of nitrogens with one attached hydrogen (secondary N) is 1. The van der Waals surface area contributed by atoms with Crippen molar-refractivity contribution in [3.63, 3.8) is 0 Å². The minimum Gasteiger partial charge on any atom is -0.341 e. The Morgan fingerprint density at radius 2 is 1.95 bits per heavy atom. The number of carbonyl (C=O) groups is 1. The van der Waals surface area contributed by atoms with Crippen LogP contribution in [0.15, 0.2) is 0 Å². The van der Waals surface area contributed by atoms with E-state index in [-0.39, 0.29) is 24.1 Å². The molecule has 0 bridgehead atoms. The van der Waals surface area contributed by atoms with Crippen molar-refractivity contribution in [3.8, 4) is 0 Å². The molecule has 1 aliphatic heterocycles. The predicted octanol–water partition coefficient (Wildman–Crippen LogP) is 0.468. The van der Waals surface area contributed by atoms with Gasteiger partial charge in [-0.2, -0.15) is 0 Å². The van der Waals surface area contributed by atoms with E-state index in [0.717, 1.165) is 25.9 Å². The third-order valence-electron chi connectivity index (χ3n) is 3.22. The summed E-state index contributed by atoms with van der Waals surface area (Å²) >= 11 is 0. The molecule has 20 heavy (non-hydrogen) atoms. The van der Waals surface area contributed by atoms with Gasteiger partial charge in [0.15, 0.2) is 0 Å². The van der Waals surface area contributed by atoms with Gasteiger partial charge in [0.25, 0.3) is 0 Å². The van der Waals surface area contributed by atoms with E-state index in [0.29, 0.717) is 25.8 Å². The van der Waals surface area contributed by atoms with Gasteiger partial charge in [-0.25, -0.2) is 13.1 Å². The van der Waals surface area contributed by atoms with Gasteiger partial charge in [-0.05, 0) is 32.1 Å². The fraction of sp³-hybridized carbons (Fsp3) is 0.917. The first-order chi connectivity index (χ1) is 8.96. The molecule has 1 heterocycles. The number of hydrogen-bond acceptors (Lipinski definition) is 4. The van der Waals surface area contributed by atoms with Crippen LogP contribution < -0.4 is 10.5 Å². The first-order valence-corrected chi connectivity index (χ1v) is 8.63. The second-order valence-electron chi connectivity index (χ2n) is 4.99. The Hall–Kier alpha value is -0.370. The minimum absolute atomic E-state index is 0. The highest BCUT2D eigenvalue weighted by atomic mass is 35.5. The van der Waals surface area contributed by atoms with E-state index in [2.05, 4.69) is 4.72 Å². The molecular formula is C12H26ClN3O3S. The zero-order valence-corrected chi connectivity index (χ0v) is 13.6. The average molecular weight is 328 g/mol. The lowest BCUT2D eigenvalue weighted by Gasteiger charge is -2.20. The maximum absolute atomic E-state index is 11.9. The molecule has 1 fully saturated rings. The van der Waals surface area contributed by atoms with Crippen molar-refractivity contribution in [3.05, 3.63) is 0 Å². The first-order valence-electron chi connectivity index (χ1n) is 6.98. The molecule has 0 spiro atoms. The molecule has 0 radical (unpaired) electrons. The molecule has 1 unspecified atom stereocenters. The lowest BCUT2D eigenvalue weighted by atomic mass is 10.1. The van der Waals surface area contributed by atoms with Gasteiger partial charge >= 0.3 is 0 Å². The zero-order valence-electron chi connectivity index (χ0n) is 12.0. The highest BCUT2D eigenvalue weighted by molar-refractivity contribution is 7.89. The minimum atomic E-state index is -3.15. The van der Waals surface area contributed by atoms with Gasteiger partial charge in [-0.3, -0.25) is 4.79 Å². The number of halogens is 1. The highest BCUT2D eigenvalue weighted by Gasteiger charge is 2.23. The van der Waals surface area contributed by atoms with Gasteiger partial charge in [0.2, 0.25) is 15.9 Å². The molecule has 1 amide bonds. The molecule has 1 rings (SSSR count). The maximum Gasteiger partial charge on any atom is 0.239 e. The zero-order chi connectivity index (χ0) is 14.3. The van der Waals surface area contributed by atoms with E-state index in [9.17, 15) is 13.2 Å². The summed E-state index contributed by atoms with van der Waals surface area (Å²) in [5.41, 5.74) is 5.84. The van der Waals surface area contributed by atoms with Crippen molar-refractivity contribution >= 4 is 28.3 Å². The van der Waals surface area contributed by atoms with Crippen molar-refractivity contribution in [1.29, 1.82) is 0 Å². The Morgan fingerprint density at radius 1 is 1.35 bits per heavy atom. The van der Waals surface area contributed by atoms with Crippen molar-refractivity contribution < 1.29 is 13.2 Å². The van der Waals surface area contributed by atoms with Crippen LogP contribution in [0.3, 0.4) is 0 Å². The summed E-state index contributed by atoms with van der Waals surface area (Å²) in [6, 6.07) is -0.506. The topological polar surface area (TPSA) is 92.5 Å². The molecule has 6 nitrogen and oxygen atoms in total. The standard InChI is InChI=1S/C12H25N3O3S.ClH/c1-2-10-19(17,18)14-7-5-6-11(13)12(16)15-8-3-4-9-15;/h11,14H,2-10,13H2,1H3;1H. The van der Waals surface area contributed by atoms with E-state index in [1.165, 1.54) is 0 Å². The first kappa shape index (κ1) is 19.6. The third-order valence-corrected chi connectivity index (χ3v) is 4.81. The molecular weight excluding hydrogens is 302 g/mol.